The number of rotatable bonds is 11. The van der Waals surface area contributed by atoms with Gasteiger partial charge in [0.25, 0.3) is 0 Å². The maximum absolute atomic E-state index is 6.94. The smallest absolute Gasteiger partial charge is 0.503 e. The number of para-hydroxylation sites is 1. The topological polar surface area (TPSA) is 42.6 Å². The Labute approximate surface area is 400 Å². The van der Waals surface area contributed by atoms with Crippen LogP contribution in [-0.4, -0.2) is 28.0 Å². The number of ether oxygens (including phenoxy) is 1. The zero-order valence-corrected chi connectivity index (χ0v) is 41.7. The molecule has 8 aromatic rings. The predicted molar refractivity (Wildman–Crippen MR) is 267 cm³/mol. The molecule has 1 atom stereocenters. The van der Waals surface area contributed by atoms with Gasteiger partial charge < -0.3 is 19.2 Å². The molecule has 9 rings (SSSR count). The van der Waals surface area contributed by atoms with Crippen molar-refractivity contribution in [2.45, 2.75) is 104 Å². The summed E-state index contributed by atoms with van der Waals surface area (Å²) in [5, 5.41) is 2.29. The van der Waals surface area contributed by atoms with Crippen molar-refractivity contribution >= 4 is 33.5 Å². The molecule has 0 fully saturated rings. The number of benzene rings is 6. The van der Waals surface area contributed by atoms with E-state index in [2.05, 4.69) is 218 Å². The van der Waals surface area contributed by atoms with Crippen LogP contribution in [0, 0.1) is 19.1 Å². The second-order valence-corrected chi connectivity index (χ2v) is 19.6. The Morgan fingerprint density at radius 1 is 0.646 bits per heavy atom. The maximum atomic E-state index is 6.94. The number of aryl methyl sites for hydroxylation is 1. The van der Waals surface area contributed by atoms with Crippen LogP contribution in [0.2, 0.25) is 0 Å². The van der Waals surface area contributed by atoms with Crippen LogP contribution in [0.25, 0.3) is 27.6 Å². The molecule has 332 valence electrons. The average Bonchev–Trinajstić information content (AvgIpc) is 3.86. The molecule has 1 aliphatic heterocycles. The molecular weight excluding hydrogens is 976 g/mol. The second kappa shape index (κ2) is 18.6. The van der Waals surface area contributed by atoms with E-state index in [0.717, 1.165) is 51.3 Å². The Hall–Kier alpha value is -5.77. The molecule has 0 radical (unpaired) electrons. The van der Waals surface area contributed by atoms with E-state index in [4.69, 9.17) is 14.7 Å². The first kappa shape index (κ1) is 45.8. The number of aromatic nitrogens is 2. The van der Waals surface area contributed by atoms with Gasteiger partial charge in [-0.15, -0.1) is 35.4 Å². The van der Waals surface area contributed by atoms with Gasteiger partial charge in [0.15, 0.2) is 0 Å². The Bertz CT molecular complexity index is 2930. The van der Waals surface area contributed by atoms with Gasteiger partial charge in [0, 0.05) is 46.6 Å². The van der Waals surface area contributed by atoms with Crippen molar-refractivity contribution < 1.29 is 25.8 Å². The minimum absolute atomic E-state index is 0. The largest absolute Gasteiger partial charge is 2.00 e. The van der Waals surface area contributed by atoms with Crippen LogP contribution in [0.3, 0.4) is 0 Å². The number of aliphatic imine (C=N–C) groups is 1. The molecule has 3 heterocycles. The van der Waals surface area contributed by atoms with Crippen molar-refractivity contribution in [1.82, 2.24) is 9.55 Å². The summed E-state index contributed by atoms with van der Waals surface area (Å²) in [6.45, 7) is 23.3. The normalized spacial score (nSPS) is 14.3. The van der Waals surface area contributed by atoms with E-state index in [1.807, 2.05) is 12.3 Å². The van der Waals surface area contributed by atoms with Crippen molar-refractivity contribution in [3.63, 3.8) is 0 Å². The fraction of sp³-hybridized carbons (Fsp3) is 0.288. The molecule has 6 aromatic carbocycles. The van der Waals surface area contributed by atoms with Crippen LogP contribution in [0.15, 0.2) is 145 Å². The van der Waals surface area contributed by atoms with Gasteiger partial charge in [-0.1, -0.05) is 172 Å². The number of fused-ring (bicyclic) bond motifs is 3. The van der Waals surface area contributed by atoms with Crippen LogP contribution >= 0.6 is 0 Å². The van der Waals surface area contributed by atoms with Crippen molar-refractivity contribution in [3.05, 3.63) is 196 Å². The third kappa shape index (κ3) is 9.10. The molecule has 0 unspecified atom stereocenters. The summed E-state index contributed by atoms with van der Waals surface area (Å²) in [5.41, 5.74) is 13.7. The molecule has 0 saturated carbocycles. The first-order chi connectivity index (χ1) is 30.7. The molecule has 0 bridgehead atoms. The first-order valence-electron chi connectivity index (χ1n) is 23.0. The van der Waals surface area contributed by atoms with Gasteiger partial charge in [0.05, 0.1) is 17.4 Å². The fourth-order valence-corrected chi connectivity index (χ4v) is 9.50. The van der Waals surface area contributed by atoms with Crippen molar-refractivity contribution in [2.24, 2.45) is 4.99 Å². The summed E-state index contributed by atoms with van der Waals surface area (Å²) in [6.07, 6.45) is 1.87. The van der Waals surface area contributed by atoms with Crippen molar-refractivity contribution in [2.75, 3.05) is 11.4 Å². The van der Waals surface area contributed by atoms with Crippen molar-refractivity contribution in [1.29, 1.82) is 0 Å². The van der Waals surface area contributed by atoms with Gasteiger partial charge >= 0.3 is 21.1 Å². The van der Waals surface area contributed by atoms with Crippen LogP contribution < -0.4 is 9.64 Å². The summed E-state index contributed by atoms with van der Waals surface area (Å²) >= 11 is 0. The average molecular weight is 1040 g/mol. The zero-order chi connectivity index (χ0) is 44.9. The van der Waals surface area contributed by atoms with Gasteiger partial charge in [-0.3, -0.25) is 0 Å². The van der Waals surface area contributed by atoms with E-state index >= 15 is 0 Å². The number of amidine groups is 1. The fourth-order valence-electron chi connectivity index (χ4n) is 9.50. The van der Waals surface area contributed by atoms with Crippen LogP contribution in [-0.2, 0) is 26.5 Å². The van der Waals surface area contributed by atoms with Gasteiger partial charge in [0.2, 0.25) is 0 Å². The molecule has 1 aliphatic rings. The molecule has 65 heavy (non-hydrogen) atoms. The molecule has 0 spiro atoms. The van der Waals surface area contributed by atoms with Crippen LogP contribution in [0.5, 0.6) is 11.5 Å². The van der Waals surface area contributed by atoms with E-state index in [1.54, 1.807) is 0 Å². The van der Waals surface area contributed by atoms with Gasteiger partial charge in [0.1, 0.15) is 5.65 Å². The standard InChI is InChI=1S/C59H60N4O.Pt/c1-37(2)43-31-44(33-48(32-43)64-47-30-40(7)29-46(35-47)63-54-27-26-45(59(8,9)10)34-52(54)51-25-18-28-60-58(51)63)57-61-53(55(41-19-13-11-14-20-41)42-21-15-12-16-22-42)36-62(57)56-49(38(3)4)23-17-24-50(56)39(5)6;/h11-32,34,37-39,53,55H,36H2,1-10H3;/q-2;+2/t53-;/m0./s1. The monoisotopic (exact) mass is 1040 g/mol. The third-order valence-corrected chi connectivity index (χ3v) is 12.8. The van der Waals surface area contributed by atoms with Crippen molar-refractivity contribution in [3.8, 4) is 17.2 Å². The molecule has 6 heteroatoms. The van der Waals surface area contributed by atoms with E-state index in [0.29, 0.717) is 23.3 Å². The SMILES string of the molecule is Cc1cc(Oc2[c-]c(C3=N[C@H](C(c4ccccc4)c4ccccc4)CN3c3c(C(C)C)cccc3C(C)C)cc(C(C)C)c2)[c-]c(-n2c3ccc(C(C)(C)C)cc3c3cccnc32)c1.[Pt+2]. The quantitative estimate of drug-likeness (QED) is 0.121. The number of nitrogens with zero attached hydrogens (tertiary/aromatic N) is 4. The Morgan fingerprint density at radius 3 is 1.91 bits per heavy atom. The number of hydrogen-bond donors (Lipinski definition) is 0. The Kier molecular flexibility index (Phi) is 13.1. The molecule has 2 aromatic heterocycles. The summed E-state index contributed by atoms with van der Waals surface area (Å²) in [7, 11) is 0. The molecular formula is C59H60N4OPt. The number of pyridine rings is 1. The summed E-state index contributed by atoms with van der Waals surface area (Å²) in [4.78, 5) is 13.2. The van der Waals surface area contributed by atoms with E-state index in [9.17, 15) is 0 Å². The Morgan fingerprint density at radius 2 is 1.29 bits per heavy atom. The zero-order valence-electron chi connectivity index (χ0n) is 39.4. The van der Waals surface area contributed by atoms with E-state index in [-0.39, 0.29) is 44.4 Å². The van der Waals surface area contributed by atoms with E-state index < -0.39 is 0 Å². The van der Waals surface area contributed by atoms with Crippen LogP contribution in [0.4, 0.5) is 5.69 Å². The van der Waals surface area contributed by atoms with Gasteiger partial charge in [-0.05, 0) is 75.3 Å². The minimum atomic E-state index is -0.0625. The van der Waals surface area contributed by atoms with Gasteiger partial charge in [-0.25, -0.2) is 4.98 Å². The van der Waals surface area contributed by atoms with E-state index in [1.165, 1.54) is 38.9 Å². The molecule has 0 amide bonds. The number of anilines is 1. The van der Waals surface area contributed by atoms with Crippen LogP contribution in [0.1, 0.15) is 130 Å². The maximum Gasteiger partial charge on any atom is 2.00 e. The summed E-state index contributed by atoms with van der Waals surface area (Å²) < 4.78 is 9.15. The summed E-state index contributed by atoms with van der Waals surface area (Å²) in [5.74, 6) is 3.10. The Balaban J connectivity index is 0.00000576. The molecule has 0 N–H and O–H groups in total. The molecule has 5 nitrogen and oxygen atoms in total. The minimum Gasteiger partial charge on any atom is -0.503 e. The molecule has 0 saturated heterocycles. The first-order valence-corrected chi connectivity index (χ1v) is 23.0. The van der Waals surface area contributed by atoms with Gasteiger partial charge in [-0.2, -0.15) is 5.56 Å². The third-order valence-electron chi connectivity index (χ3n) is 12.8. The molecule has 0 aliphatic carbocycles. The number of hydrogen-bond acceptors (Lipinski definition) is 4. The summed E-state index contributed by atoms with van der Waals surface area (Å²) in [6, 6.07) is 55.6. The second-order valence-electron chi connectivity index (χ2n) is 19.6. The predicted octanol–water partition coefficient (Wildman–Crippen LogP) is 15.0.